The van der Waals surface area contributed by atoms with Crippen molar-refractivity contribution in [3.05, 3.63) is 29.2 Å². The van der Waals surface area contributed by atoms with Crippen LogP contribution in [0.5, 0.6) is 0 Å². The zero-order valence-electron chi connectivity index (χ0n) is 15.5. The maximum absolute atomic E-state index is 12.4. The van der Waals surface area contributed by atoms with Crippen LogP contribution in [0.25, 0.3) is 10.7 Å². The van der Waals surface area contributed by atoms with Gasteiger partial charge in [0.15, 0.2) is 0 Å². The molecule has 1 amide bonds. The summed E-state index contributed by atoms with van der Waals surface area (Å²) >= 11 is 1.62. The second-order valence-electron chi connectivity index (χ2n) is 7.88. The number of likely N-dealkylation sites (tertiary alicyclic amines) is 1. The van der Waals surface area contributed by atoms with Crippen molar-refractivity contribution in [2.45, 2.75) is 47.0 Å². The van der Waals surface area contributed by atoms with Crippen molar-refractivity contribution in [1.82, 2.24) is 19.9 Å². The molecule has 0 N–H and O–H groups in total. The highest BCUT2D eigenvalue weighted by Crippen LogP contribution is 2.27. The van der Waals surface area contributed by atoms with Crippen LogP contribution < -0.4 is 0 Å². The highest BCUT2D eigenvalue weighted by atomic mass is 32.1. The van der Waals surface area contributed by atoms with Gasteiger partial charge in [0, 0.05) is 35.3 Å². The van der Waals surface area contributed by atoms with E-state index < -0.39 is 0 Å². The van der Waals surface area contributed by atoms with Crippen molar-refractivity contribution >= 4 is 17.2 Å². The SMILES string of the molecule is Cc1csc(-c2cc(CC3CCN(C(=O)C(C)(C)C)CC3)ncn2)n1. The summed E-state index contributed by atoms with van der Waals surface area (Å²) in [7, 11) is 0. The Morgan fingerprint density at radius 1 is 1.28 bits per heavy atom. The standard InChI is InChI=1S/C19H26N4OS/c1-13-11-25-17(22-13)16-10-15(20-12-21-16)9-14-5-7-23(8-6-14)18(24)19(2,3)4/h10-12,14H,5-9H2,1-4H3. The first-order valence-electron chi connectivity index (χ1n) is 8.86. The van der Waals surface area contributed by atoms with E-state index in [1.807, 2.05) is 38.0 Å². The minimum absolute atomic E-state index is 0.259. The Bertz CT molecular complexity index is 742. The minimum atomic E-state index is -0.291. The van der Waals surface area contributed by atoms with Gasteiger partial charge in [0.1, 0.15) is 17.0 Å². The predicted molar refractivity (Wildman–Crippen MR) is 100 cm³/mol. The summed E-state index contributed by atoms with van der Waals surface area (Å²) < 4.78 is 0. The Morgan fingerprint density at radius 2 is 2.00 bits per heavy atom. The molecule has 3 heterocycles. The molecular weight excluding hydrogens is 332 g/mol. The molecule has 0 unspecified atom stereocenters. The number of aryl methyl sites for hydroxylation is 1. The van der Waals surface area contributed by atoms with Crippen LogP contribution in [0.1, 0.15) is 45.0 Å². The third kappa shape index (κ3) is 4.42. The predicted octanol–water partition coefficient (Wildman–Crippen LogP) is 3.74. The Morgan fingerprint density at radius 3 is 2.60 bits per heavy atom. The molecule has 0 aromatic carbocycles. The smallest absolute Gasteiger partial charge is 0.227 e. The maximum atomic E-state index is 12.4. The summed E-state index contributed by atoms with van der Waals surface area (Å²) in [6.07, 6.45) is 4.66. The van der Waals surface area contributed by atoms with E-state index in [0.29, 0.717) is 5.92 Å². The fourth-order valence-corrected chi connectivity index (χ4v) is 3.97. The van der Waals surface area contributed by atoms with Gasteiger partial charge in [-0.15, -0.1) is 11.3 Å². The number of aromatic nitrogens is 3. The summed E-state index contributed by atoms with van der Waals surface area (Å²) in [6.45, 7) is 9.67. The summed E-state index contributed by atoms with van der Waals surface area (Å²) in [5, 5.41) is 2.99. The van der Waals surface area contributed by atoms with E-state index in [9.17, 15) is 4.79 Å². The third-order valence-electron chi connectivity index (χ3n) is 4.60. The topological polar surface area (TPSA) is 59.0 Å². The fourth-order valence-electron chi connectivity index (χ4n) is 3.21. The Balaban J connectivity index is 1.60. The molecule has 0 atom stereocenters. The molecule has 2 aromatic rings. The minimum Gasteiger partial charge on any atom is -0.342 e. The zero-order chi connectivity index (χ0) is 18.0. The summed E-state index contributed by atoms with van der Waals surface area (Å²) in [5.41, 5.74) is 2.71. The first-order valence-corrected chi connectivity index (χ1v) is 9.73. The maximum Gasteiger partial charge on any atom is 0.227 e. The van der Waals surface area contributed by atoms with E-state index in [-0.39, 0.29) is 11.3 Å². The Kier molecular flexibility index (Phi) is 5.18. The van der Waals surface area contributed by atoms with Crippen LogP contribution in [0.4, 0.5) is 0 Å². The van der Waals surface area contributed by atoms with Crippen LogP contribution in [-0.2, 0) is 11.2 Å². The molecule has 0 bridgehead atoms. The van der Waals surface area contributed by atoms with E-state index >= 15 is 0 Å². The zero-order valence-corrected chi connectivity index (χ0v) is 16.3. The molecule has 5 nitrogen and oxygen atoms in total. The van der Waals surface area contributed by atoms with Crippen LogP contribution in [0.2, 0.25) is 0 Å². The molecule has 3 rings (SSSR count). The molecule has 0 spiro atoms. The number of piperidine rings is 1. The van der Waals surface area contributed by atoms with Gasteiger partial charge in [-0.1, -0.05) is 20.8 Å². The lowest BCUT2D eigenvalue weighted by molar-refractivity contribution is -0.140. The molecule has 0 radical (unpaired) electrons. The van der Waals surface area contributed by atoms with E-state index in [1.165, 1.54) is 0 Å². The van der Waals surface area contributed by atoms with Gasteiger partial charge in [-0.2, -0.15) is 0 Å². The first kappa shape index (κ1) is 18.0. The summed E-state index contributed by atoms with van der Waals surface area (Å²) in [5.74, 6) is 0.833. The highest BCUT2D eigenvalue weighted by molar-refractivity contribution is 7.13. The van der Waals surface area contributed by atoms with Gasteiger partial charge in [0.25, 0.3) is 0 Å². The molecule has 134 valence electrons. The van der Waals surface area contributed by atoms with Crippen molar-refractivity contribution < 1.29 is 4.79 Å². The van der Waals surface area contributed by atoms with Crippen molar-refractivity contribution in [2.75, 3.05) is 13.1 Å². The quantitative estimate of drug-likeness (QED) is 0.839. The highest BCUT2D eigenvalue weighted by Gasteiger charge is 2.30. The number of nitrogens with zero attached hydrogens (tertiary/aromatic N) is 4. The average molecular weight is 359 g/mol. The van der Waals surface area contributed by atoms with Crippen LogP contribution in [0, 0.1) is 18.3 Å². The lowest BCUT2D eigenvalue weighted by atomic mass is 9.89. The van der Waals surface area contributed by atoms with Crippen LogP contribution >= 0.6 is 11.3 Å². The van der Waals surface area contributed by atoms with Crippen molar-refractivity contribution in [1.29, 1.82) is 0 Å². The Hall–Kier alpha value is -1.82. The van der Waals surface area contributed by atoms with E-state index in [4.69, 9.17) is 0 Å². The lowest BCUT2D eigenvalue weighted by Gasteiger charge is -2.35. The van der Waals surface area contributed by atoms with Crippen molar-refractivity contribution in [3.63, 3.8) is 0 Å². The van der Waals surface area contributed by atoms with Gasteiger partial charge in [-0.25, -0.2) is 15.0 Å². The van der Waals surface area contributed by atoms with Crippen molar-refractivity contribution in [3.8, 4) is 10.7 Å². The molecule has 6 heteroatoms. The fraction of sp³-hybridized carbons (Fsp3) is 0.579. The monoisotopic (exact) mass is 358 g/mol. The molecule has 1 fully saturated rings. The van der Waals surface area contributed by atoms with Crippen molar-refractivity contribution in [2.24, 2.45) is 11.3 Å². The lowest BCUT2D eigenvalue weighted by Crippen LogP contribution is -2.44. The molecule has 1 aliphatic rings. The van der Waals surface area contributed by atoms with Crippen LogP contribution in [0.3, 0.4) is 0 Å². The number of amides is 1. The van der Waals surface area contributed by atoms with Crippen LogP contribution in [0.15, 0.2) is 17.8 Å². The number of hydrogen-bond acceptors (Lipinski definition) is 5. The summed E-state index contributed by atoms with van der Waals surface area (Å²) in [6, 6.07) is 2.06. The molecule has 1 saturated heterocycles. The van der Waals surface area contributed by atoms with Gasteiger partial charge in [0.05, 0.1) is 0 Å². The van der Waals surface area contributed by atoms with Gasteiger partial charge < -0.3 is 4.90 Å². The number of thiazole rings is 1. The molecule has 25 heavy (non-hydrogen) atoms. The number of hydrogen-bond donors (Lipinski definition) is 0. The number of carbonyl (C=O) groups excluding carboxylic acids is 1. The summed E-state index contributed by atoms with van der Waals surface area (Å²) in [4.78, 5) is 27.7. The normalized spacial score (nSPS) is 16.2. The molecule has 1 aliphatic heterocycles. The van der Waals surface area contributed by atoms with Gasteiger partial charge in [-0.05, 0) is 38.2 Å². The molecule has 0 aliphatic carbocycles. The second kappa shape index (κ2) is 7.20. The van der Waals surface area contributed by atoms with Gasteiger partial charge in [0.2, 0.25) is 5.91 Å². The third-order valence-corrected chi connectivity index (χ3v) is 5.59. The molecule has 0 saturated carbocycles. The van der Waals surface area contributed by atoms with Gasteiger partial charge >= 0.3 is 0 Å². The first-order chi connectivity index (χ1) is 11.8. The average Bonchev–Trinajstić information content (AvgIpc) is 3.01. The molecular formula is C19H26N4OS. The van der Waals surface area contributed by atoms with E-state index in [1.54, 1.807) is 17.7 Å². The Labute approximate surface area is 153 Å². The number of rotatable bonds is 3. The van der Waals surface area contributed by atoms with Crippen LogP contribution in [-0.4, -0.2) is 38.8 Å². The largest absolute Gasteiger partial charge is 0.342 e. The number of carbonyl (C=O) groups is 1. The van der Waals surface area contributed by atoms with Gasteiger partial charge in [-0.3, -0.25) is 4.79 Å². The van der Waals surface area contributed by atoms with E-state index in [0.717, 1.165) is 54.4 Å². The second-order valence-corrected chi connectivity index (χ2v) is 8.74. The van der Waals surface area contributed by atoms with E-state index in [2.05, 4.69) is 21.0 Å². The molecule has 2 aromatic heterocycles.